The lowest BCUT2D eigenvalue weighted by atomic mass is 10.1. The molecule has 1 amide bonds. The van der Waals surface area contributed by atoms with E-state index in [1.54, 1.807) is 30.3 Å². The molecule has 110 valence electrons. The first-order valence-corrected chi connectivity index (χ1v) is 7.09. The monoisotopic (exact) mass is 284 g/mol. The van der Waals surface area contributed by atoms with Crippen molar-refractivity contribution in [2.45, 2.75) is 19.8 Å². The number of nitrogens with two attached hydrogens (primary N) is 1. The molecule has 0 aliphatic heterocycles. The van der Waals surface area contributed by atoms with Crippen molar-refractivity contribution in [3.63, 3.8) is 0 Å². The number of anilines is 2. The first-order valence-electron chi connectivity index (χ1n) is 7.09. The van der Waals surface area contributed by atoms with Crippen LogP contribution in [0.2, 0.25) is 0 Å². The van der Waals surface area contributed by atoms with Crippen molar-refractivity contribution in [2.24, 2.45) is 0 Å². The van der Waals surface area contributed by atoms with Crippen LogP contribution in [0.3, 0.4) is 0 Å². The Morgan fingerprint density at radius 1 is 1.19 bits per heavy atom. The molecule has 0 aliphatic carbocycles. The Morgan fingerprint density at radius 2 is 2.00 bits per heavy atom. The standard InChI is InChI=1S/C17H20N2O2/c1-2-3-11-21-16-10-5-4-9-15(16)17(20)19-14-8-6-7-13(18)12-14/h4-10,12H,2-3,11,18H2,1H3,(H,19,20). The molecule has 3 N–H and O–H groups in total. The van der Waals surface area contributed by atoms with Gasteiger partial charge in [-0.15, -0.1) is 0 Å². The van der Waals surface area contributed by atoms with Gasteiger partial charge in [0, 0.05) is 11.4 Å². The van der Waals surface area contributed by atoms with Crippen molar-refractivity contribution in [1.29, 1.82) is 0 Å². The molecule has 2 aromatic carbocycles. The first kappa shape index (κ1) is 14.9. The van der Waals surface area contributed by atoms with Gasteiger partial charge < -0.3 is 15.8 Å². The highest BCUT2D eigenvalue weighted by Crippen LogP contribution is 2.20. The van der Waals surface area contributed by atoms with Crippen LogP contribution < -0.4 is 15.8 Å². The van der Waals surface area contributed by atoms with Gasteiger partial charge in [-0.2, -0.15) is 0 Å². The summed E-state index contributed by atoms with van der Waals surface area (Å²) in [5, 5.41) is 2.83. The molecular formula is C17H20N2O2. The van der Waals surface area contributed by atoms with Crippen LogP contribution in [0.15, 0.2) is 48.5 Å². The van der Waals surface area contributed by atoms with Gasteiger partial charge in [0.15, 0.2) is 0 Å². The van der Waals surface area contributed by atoms with Crippen molar-refractivity contribution in [3.05, 3.63) is 54.1 Å². The third-order valence-electron chi connectivity index (χ3n) is 3.03. The summed E-state index contributed by atoms with van der Waals surface area (Å²) in [5.74, 6) is 0.403. The minimum atomic E-state index is -0.201. The smallest absolute Gasteiger partial charge is 0.259 e. The number of benzene rings is 2. The summed E-state index contributed by atoms with van der Waals surface area (Å²) < 4.78 is 5.67. The highest BCUT2D eigenvalue weighted by atomic mass is 16.5. The van der Waals surface area contributed by atoms with Gasteiger partial charge in [-0.3, -0.25) is 4.79 Å². The van der Waals surface area contributed by atoms with Gasteiger partial charge in [-0.25, -0.2) is 0 Å². The average molecular weight is 284 g/mol. The number of carbonyl (C=O) groups excluding carboxylic acids is 1. The summed E-state index contributed by atoms with van der Waals surface area (Å²) in [5.41, 5.74) is 7.51. The van der Waals surface area contributed by atoms with Crippen LogP contribution in [-0.4, -0.2) is 12.5 Å². The quantitative estimate of drug-likeness (QED) is 0.628. The highest BCUT2D eigenvalue weighted by molar-refractivity contribution is 6.06. The van der Waals surface area contributed by atoms with E-state index in [2.05, 4.69) is 12.2 Å². The second-order valence-electron chi connectivity index (χ2n) is 4.78. The van der Waals surface area contributed by atoms with Crippen LogP contribution in [0.25, 0.3) is 0 Å². The lowest BCUT2D eigenvalue weighted by molar-refractivity contribution is 0.102. The maximum atomic E-state index is 12.3. The molecule has 0 aliphatic rings. The predicted octanol–water partition coefficient (Wildman–Crippen LogP) is 3.70. The third-order valence-corrected chi connectivity index (χ3v) is 3.03. The molecule has 0 radical (unpaired) electrons. The molecule has 0 saturated heterocycles. The number of nitrogens with one attached hydrogen (secondary N) is 1. The molecule has 0 fully saturated rings. The summed E-state index contributed by atoms with van der Waals surface area (Å²) in [7, 11) is 0. The lowest BCUT2D eigenvalue weighted by Crippen LogP contribution is -2.14. The molecule has 0 unspecified atom stereocenters. The number of carbonyl (C=O) groups is 1. The Morgan fingerprint density at radius 3 is 2.76 bits per heavy atom. The Balaban J connectivity index is 2.11. The molecule has 0 aromatic heterocycles. The molecule has 0 heterocycles. The van der Waals surface area contributed by atoms with Crippen LogP contribution in [0.1, 0.15) is 30.1 Å². The van der Waals surface area contributed by atoms with E-state index in [-0.39, 0.29) is 5.91 Å². The van der Waals surface area contributed by atoms with Crippen LogP contribution >= 0.6 is 0 Å². The van der Waals surface area contributed by atoms with Gasteiger partial charge in [-0.1, -0.05) is 31.5 Å². The summed E-state index contributed by atoms with van der Waals surface area (Å²) in [6.45, 7) is 2.71. The Kier molecular flexibility index (Phi) is 5.21. The maximum absolute atomic E-state index is 12.3. The SMILES string of the molecule is CCCCOc1ccccc1C(=O)Nc1cccc(N)c1. The van der Waals surface area contributed by atoms with Crippen LogP contribution in [0, 0.1) is 0 Å². The van der Waals surface area contributed by atoms with Gasteiger partial charge >= 0.3 is 0 Å². The van der Waals surface area contributed by atoms with Crippen molar-refractivity contribution in [1.82, 2.24) is 0 Å². The molecule has 4 heteroatoms. The van der Waals surface area contributed by atoms with E-state index in [1.807, 2.05) is 18.2 Å². The molecule has 2 rings (SSSR count). The minimum absolute atomic E-state index is 0.201. The van der Waals surface area contributed by atoms with Crippen LogP contribution in [0.5, 0.6) is 5.75 Å². The maximum Gasteiger partial charge on any atom is 0.259 e. The summed E-state index contributed by atoms with van der Waals surface area (Å²) in [6.07, 6.45) is 2.02. The van der Waals surface area contributed by atoms with Crippen LogP contribution in [0.4, 0.5) is 11.4 Å². The summed E-state index contributed by atoms with van der Waals surface area (Å²) in [4.78, 5) is 12.3. The molecule has 0 spiro atoms. The van der Waals surface area contributed by atoms with Crippen molar-refractivity contribution in [3.8, 4) is 5.75 Å². The van der Waals surface area contributed by atoms with E-state index in [4.69, 9.17) is 10.5 Å². The zero-order valence-electron chi connectivity index (χ0n) is 12.1. The Bertz CT molecular complexity index is 611. The molecular weight excluding hydrogens is 264 g/mol. The topological polar surface area (TPSA) is 64.3 Å². The lowest BCUT2D eigenvalue weighted by Gasteiger charge is -2.11. The number of hydrogen-bond acceptors (Lipinski definition) is 3. The van der Waals surface area contributed by atoms with Crippen molar-refractivity contribution >= 4 is 17.3 Å². The fourth-order valence-corrected chi connectivity index (χ4v) is 1.92. The normalized spacial score (nSPS) is 10.1. The highest BCUT2D eigenvalue weighted by Gasteiger charge is 2.12. The number of rotatable bonds is 6. The second kappa shape index (κ2) is 7.33. The van der Waals surface area contributed by atoms with Crippen LogP contribution in [-0.2, 0) is 0 Å². The molecule has 2 aromatic rings. The fourth-order valence-electron chi connectivity index (χ4n) is 1.92. The third kappa shape index (κ3) is 4.24. The van der Waals surface area contributed by atoms with E-state index >= 15 is 0 Å². The first-order chi connectivity index (χ1) is 10.2. The van der Waals surface area contributed by atoms with E-state index in [0.29, 0.717) is 29.3 Å². The zero-order valence-corrected chi connectivity index (χ0v) is 12.1. The summed E-state index contributed by atoms with van der Waals surface area (Å²) >= 11 is 0. The van der Waals surface area contributed by atoms with E-state index in [1.165, 1.54) is 0 Å². The number of nitrogen functional groups attached to an aromatic ring is 1. The number of unbranched alkanes of at least 4 members (excludes halogenated alkanes) is 1. The van der Waals surface area contributed by atoms with Crippen molar-refractivity contribution < 1.29 is 9.53 Å². The van der Waals surface area contributed by atoms with Gasteiger partial charge in [-0.05, 0) is 36.8 Å². The number of hydrogen-bond donors (Lipinski definition) is 2. The number of amides is 1. The largest absolute Gasteiger partial charge is 0.493 e. The number of para-hydroxylation sites is 1. The van der Waals surface area contributed by atoms with Gasteiger partial charge in [0.25, 0.3) is 5.91 Å². The number of ether oxygens (including phenoxy) is 1. The molecule has 0 atom stereocenters. The summed E-state index contributed by atoms with van der Waals surface area (Å²) in [6, 6.07) is 14.3. The molecule has 0 bridgehead atoms. The van der Waals surface area contributed by atoms with E-state index in [0.717, 1.165) is 12.8 Å². The van der Waals surface area contributed by atoms with E-state index < -0.39 is 0 Å². The Labute approximate surface area is 124 Å². The zero-order chi connectivity index (χ0) is 15.1. The van der Waals surface area contributed by atoms with Gasteiger partial charge in [0.2, 0.25) is 0 Å². The molecule has 21 heavy (non-hydrogen) atoms. The minimum Gasteiger partial charge on any atom is -0.493 e. The van der Waals surface area contributed by atoms with E-state index in [9.17, 15) is 4.79 Å². The molecule has 4 nitrogen and oxygen atoms in total. The second-order valence-corrected chi connectivity index (χ2v) is 4.78. The van der Waals surface area contributed by atoms with Gasteiger partial charge in [0.05, 0.1) is 12.2 Å². The fraction of sp³-hybridized carbons (Fsp3) is 0.235. The average Bonchev–Trinajstić information content (AvgIpc) is 2.48. The predicted molar refractivity (Wildman–Crippen MR) is 85.7 cm³/mol. The molecule has 0 saturated carbocycles. The van der Waals surface area contributed by atoms with Crippen molar-refractivity contribution in [2.75, 3.05) is 17.7 Å². The van der Waals surface area contributed by atoms with Gasteiger partial charge in [0.1, 0.15) is 5.75 Å². The Hall–Kier alpha value is -2.49.